The van der Waals surface area contributed by atoms with Gasteiger partial charge in [0.2, 0.25) is 5.91 Å². The monoisotopic (exact) mass is 482 g/mol. The van der Waals surface area contributed by atoms with Crippen LogP contribution >= 0.6 is 38.6 Å². The fourth-order valence-electron chi connectivity index (χ4n) is 3.08. The lowest BCUT2D eigenvalue weighted by Crippen LogP contribution is -2.34. The first-order valence-corrected chi connectivity index (χ1v) is 12.4. The van der Waals surface area contributed by atoms with E-state index in [1.165, 1.54) is 11.3 Å². The van der Waals surface area contributed by atoms with E-state index in [1.807, 2.05) is 16.8 Å². The molecule has 1 aliphatic rings. The molecule has 0 spiro atoms. The predicted octanol–water partition coefficient (Wildman–Crippen LogP) is 4.21. The van der Waals surface area contributed by atoms with Crippen LogP contribution in [0.4, 0.5) is 0 Å². The first-order chi connectivity index (χ1) is 12.9. The van der Waals surface area contributed by atoms with Crippen LogP contribution in [0.15, 0.2) is 50.5 Å². The van der Waals surface area contributed by atoms with Crippen molar-refractivity contribution in [1.29, 1.82) is 0 Å². The highest BCUT2D eigenvalue weighted by atomic mass is 79.9. The van der Waals surface area contributed by atoms with Crippen molar-refractivity contribution in [2.45, 2.75) is 23.8 Å². The van der Waals surface area contributed by atoms with Gasteiger partial charge >= 0.3 is 0 Å². The first-order valence-electron chi connectivity index (χ1n) is 8.22. The average molecular weight is 483 g/mol. The normalized spacial score (nSPS) is 18.0. The molecule has 2 aromatic heterocycles. The van der Waals surface area contributed by atoms with E-state index in [4.69, 9.17) is 0 Å². The number of benzene rings is 1. The third kappa shape index (κ3) is 4.01. The number of halogens is 1. The zero-order valence-corrected chi connectivity index (χ0v) is 18.1. The molecule has 1 N–H and O–H groups in total. The number of sulfone groups is 1. The standard InChI is InChI=1S/C18H15BrN2O3S3/c19-11-7-15(25-9-11)18-20-12(10-26-18)8-17(22)21-14-5-6-27(23,24)16-4-2-1-3-13(14)16/h1-4,7,9-10,14H,5-6,8H2,(H,21,22). The highest BCUT2D eigenvalue weighted by Crippen LogP contribution is 2.33. The van der Waals surface area contributed by atoms with Crippen molar-refractivity contribution in [1.82, 2.24) is 10.3 Å². The van der Waals surface area contributed by atoms with E-state index in [9.17, 15) is 13.2 Å². The summed E-state index contributed by atoms with van der Waals surface area (Å²) in [6, 6.07) is 8.60. The molecule has 0 bridgehead atoms. The maximum absolute atomic E-state index is 12.5. The quantitative estimate of drug-likeness (QED) is 0.603. The number of thiazole rings is 1. The van der Waals surface area contributed by atoms with Crippen molar-refractivity contribution in [3.8, 4) is 9.88 Å². The maximum atomic E-state index is 12.5. The molecule has 140 valence electrons. The molecule has 0 aliphatic carbocycles. The van der Waals surface area contributed by atoms with E-state index < -0.39 is 9.84 Å². The molecular weight excluding hydrogens is 468 g/mol. The summed E-state index contributed by atoms with van der Waals surface area (Å²) >= 11 is 6.54. The van der Waals surface area contributed by atoms with Gasteiger partial charge in [-0.25, -0.2) is 13.4 Å². The van der Waals surface area contributed by atoms with Crippen molar-refractivity contribution in [3.63, 3.8) is 0 Å². The van der Waals surface area contributed by atoms with Crippen LogP contribution in [0.3, 0.4) is 0 Å². The van der Waals surface area contributed by atoms with E-state index in [1.54, 1.807) is 35.6 Å². The summed E-state index contributed by atoms with van der Waals surface area (Å²) < 4.78 is 25.4. The minimum atomic E-state index is -3.26. The van der Waals surface area contributed by atoms with Crippen LogP contribution < -0.4 is 5.32 Å². The average Bonchev–Trinajstić information content (AvgIpc) is 3.27. The van der Waals surface area contributed by atoms with Crippen LogP contribution in [-0.2, 0) is 21.1 Å². The minimum absolute atomic E-state index is 0.0447. The van der Waals surface area contributed by atoms with Crippen LogP contribution in [0.1, 0.15) is 23.7 Å². The number of hydrogen-bond donors (Lipinski definition) is 1. The highest BCUT2D eigenvalue weighted by Gasteiger charge is 2.30. The number of carbonyl (C=O) groups is 1. The fraction of sp³-hybridized carbons (Fsp3) is 0.222. The van der Waals surface area contributed by atoms with Gasteiger partial charge in [0.25, 0.3) is 0 Å². The van der Waals surface area contributed by atoms with Gasteiger partial charge < -0.3 is 5.32 Å². The highest BCUT2D eigenvalue weighted by molar-refractivity contribution is 9.10. The van der Waals surface area contributed by atoms with Gasteiger partial charge in [0.15, 0.2) is 9.84 Å². The molecule has 1 unspecified atom stereocenters. The molecule has 1 amide bonds. The number of thiophene rings is 1. The SMILES string of the molecule is O=C(Cc1csc(-c2cc(Br)cs2)n1)NC1CCS(=O)(=O)c2ccccc21. The summed E-state index contributed by atoms with van der Waals surface area (Å²) in [4.78, 5) is 18.4. The summed E-state index contributed by atoms with van der Waals surface area (Å²) in [5.74, 6) is -0.110. The fourth-order valence-corrected chi connectivity index (χ4v) is 7.02. The number of nitrogens with one attached hydrogen (secondary N) is 1. The molecule has 0 saturated carbocycles. The van der Waals surface area contributed by atoms with E-state index in [2.05, 4.69) is 26.2 Å². The Bertz CT molecular complexity index is 1100. The van der Waals surface area contributed by atoms with Gasteiger partial charge in [-0.15, -0.1) is 22.7 Å². The van der Waals surface area contributed by atoms with Crippen molar-refractivity contribution < 1.29 is 13.2 Å². The van der Waals surface area contributed by atoms with Gasteiger partial charge in [0, 0.05) is 15.2 Å². The topological polar surface area (TPSA) is 76.1 Å². The lowest BCUT2D eigenvalue weighted by molar-refractivity contribution is -0.121. The Hall–Kier alpha value is -1.55. The van der Waals surface area contributed by atoms with Gasteiger partial charge in [-0.2, -0.15) is 0 Å². The first kappa shape index (κ1) is 18.8. The molecule has 3 aromatic rings. The van der Waals surface area contributed by atoms with Gasteiger partial charge in [-0.3, -0.25) is 4.79 Å². The molecule has 0 fully saturated rings. The van der Waals surface area contributed by atoms with Crippen LogP contribution in [0.2, 0.25) is 0 Å². The second-order valence-electron chi connectivity index (χ2n) is 6.22. The van der Waals surface area contributed by atoms with Crippen molar-refractivity contribution in [3.05, 3.63) is 56.8 Å². The number of rotatable bonds is 4. The van der Waals surface area contributed by atoms with Crippen LogP contribution in [0.5, 0.6) is 0 Å². The summed E-state index contributed by atoms with van der Waals surface area (Å²) in [5, 5.41) is 7.75. The largest absolute Gasteiger partial charge is 0.349 e. The Morgan fingerprint density at radius 2 is 2.07 bits per heavy atom. The van der Waals surface area contributed by atoms with Crippen molar-refractivity contribution >= 4 is 54.3 Å². The molecule has 3 heterocycles. The Morgan fingerprint density at radius 1 is 1.26 bits per heavy atom. The Kier molecular flexibility index (Phi) is 5.19. The molecule has 0 saturated heterocycles. The maximum Gasteiger partial charge on any atom is 0.226 e. The molecule has 4 rings (SSSR count). The molecule has 9 heteroatoms. The molecule has 1 aliphatic heterocycles. The van der Waals surface area contributed by atoms with Crippen LogP contribution in [0.25, 0.3) is 9.88 Å². The lowest BCUT2D eigenvalue weighted by Gasteiger charge is -2.26. The summed E-state index contributed by atoms with van der Waals surface area (Å²) in [6.45, 7) is 0. The summed E-state index contributed by atoms with van der Waals surface area (Å²) in [5.41, 5.74) is 1.38. The third-order valence-corrected chi connectivity index (χ3v) is 8.88. The Balaban J connectivity index is 1.47. The third-order valence-electron chi connectivity index (χ3n) is 4.31. The van der Waals surface area contributed by atoms with Gasteiger partial charge in [0.05, 0.1) is 33.7 Å². The molecule has 1 atom stereocenters. The number of nitrogens with zero attached hydrogens (tertiary/aromatic N) is 1. The summed E-state index contributed by atoms with van der Waals surface area (Å²) in [7, 11) is -3.26. The predicted molar refractivity (Wildman–Crippen MR) is 111 cm³/mol. The molecule has 27 heavy (non-hydrogen) atoms. The zero-order chi connectivity index (χ0) is 19.0. The Labute approximate surface area is 173 Å². The van der Waals surface area contributed by atoms with Crippen molar-refractivity contribution in [2.24, 2.45) is 0 Å². The van der Waals surface area contributed by atoms with E-state index in [0.29, 0.717) is 22.6 Å². The van der Waals surface area contributed by atoms with E-state index >= 15 is 0 Å². The molecular formula is C18H15BrN2O3S3. The summed E-state index contributed by atoms with van der Waals surface area (Å²) in [6.07, 6.45) is 0.561. The molecule has 5 nitrogen and oxygen atoms in total. The number of amides is 1. The van der Waals surface area contributed by atoms with Crippen LogP contribution in [0, 0.1) is 0 Å². The van der Waals surface area contributed by atoms with Gasteiger partial charge in [-0.05, 0) is 40.0 Å². The number of carbonyl (C=O) groups excluding carboxylic acids is 1. The number of fused-ring (bicyclic) bond motifs is 1. The lowest BCUT2D eigenvalue weighted by atomic mass is 10.0. The van der Waals surface area contributed by atoms with E-state index in [0.717, 1.165) is 14.4 Å². The number of hydrogen-bond acceptors (Lipinski definition) is 6. The van der Waals surface area contributed by atoms with Crippen LogP contribution in [-0.4, -0.2) is 25.1 Å². The van der Waals surface area contributed by atoms with E-state index in [-0.39, 0.29) is 24.1 Å². The molecule has 0 radical (unpaired) electrons. The smallest absolute Gasteiger partial charge is 0.226 e. The zero-order valence-electron chi connectivity index (χ0n) is 14.0. The molecule has 1 aromatic carbocycles. The van der Waals surface area contributed by atoms with Crippen molar-refractivity contribution in [2.75, 3.05) is 5.75 Å². The van der Waals surface area contributed by atoms with Gasteiger partial charge in [-0.1, -0.05) is 18.2 Å². The number of aromatic nitrogens is 1. The minimum Gasteiger partial charge on any atom is -0.349 e. The van der Waals surface area contributed by atoms with Gasteiger partial charge in [0.1, 0.15) is 5.01 Å². The second-order valence-corrected chi connectivity index (χ2v) is 11.0. The Morgan fingerprint density at radius 3 is 2.85 bits per heavy atom. The second kappa shape index (κ2) is 7.46.